The van der Waals surface area contributed by atoms with Crippen LogP contribution < -0.4 is 5.32 Å². The summed E-state index contributed by atoms with van der Waals surface area (Å²) < 4.78 is 0. The Labute approximate surface area is 141 Å². The third-order valence-corrected chi connectivity index (χ3v) is 4.66. The number of nitrogens with zero attached hydrogens (tertiary/aromatic N) is 1. The fraction of sp³-hybridized carbons (Fsp3) is 0.444. The van der Waals surface area contributed by atoms with Crippen LogP contribution >= 0.6 is 11.3 Å². The van der Waals surface area contributed by atoms with Crippen LogP contribution in [0.4, 0.5) is 5.69 Å². The van der Waals surface area contributed by atoms with E-state index in [0.29, 0.717) is 16.7 Å². The number of benzene rings is 1. The largest absolute Gasteiger partial charge is 0.492 e. The smallest absolute Gasteiger partial charge is 0.229 e. The lowest BCUT2D eigenvalue weighted by Gasteiger charge is -2.18. The second-order valence-corrected chi connectivity index (χ2v) is 7.61. The van der Waals surface area contributed by atoms with Crippen LogP contribution in [0, 0.1) is 12.8 Å². The maximum atomic E-state index is 12.3. The van der Waals surface area contributed by atoms with E-state index in [2.05, 4.69) is 37.1 Å². The van der Waals surface area contributed by atoms with Crippen LogP contribution in [-0.4, -0.2) is 16.0 Å². The highest BCUT2D eigenvalue weighted by molar-refractivity contribution is 7.11. The first-order valence-electron chi connectivity index (χ1n) is 7.90. The highest BCUT2D eigenvalue weighted by Gasteiger charge is 2.16. The van der Waals surface area contributed by atoms with Crippen molar-refractivity contribution in [1.29, 1.82) is 0 Å². The van der Waals surface area contributed by atoms with Gasteiger partial charge in [0, 0.05) is 5.69 Å². The van der Waals surface area contributed by atoms with Crippen LogP contribution in [0.15, 0.2) is 24.3 Å². The Morgan fingerprint density at radius 2 is 2.00 bits per heavy atom. The van der Waals surface area contributed by atoms with Crippen LogP contribution in [0.25, 0.3) is 0 Å². The van der Waals surface area contributed by atoms with Crippen molar-refractivity contribution in [3.05, 3.63) is 39.7 Å². The molecule has 0 aliphatic rings. The summed E-state index contributed by atoms with van der Waals surface area (Å²) in [4.78, 5) is 16.8. The summed E-state index contributed by atoms with van der Waals surface area (Å²) in [7, 11) is 0. The predicted octanol–water partition coefficient (Wildman–Crippen LogP) is 4.49. The van der Waals surface area contributed by atoms with Gasteiger partial charge < -0.3 is 10.4 Å². The van der Waals surface area contributed by atoms with E-state index in [-0.39, 0.29) is 18.2 Å². The molecule has 4 nitrogen and oxygen atoms in total. The van der Waals surface area contributed by atoms with Gasteiger partial charge in [-0.1, -0.05) is 39.0 Å². The lowest BCUT2D eigenvalue weighted by molar-refractivity contribution is -0.115. The number of rotatable bonds is 6. The quantitative estimate of drug-likeness (QED) is 0.819. The molecule has 0 bridgehead atoms. The van der Waals surface area contributed by atoms with Gasteiger partial charge in [-0.2, -0.15) is 0 Å². The molecule has 2 N–H and O–H groups in total. The molecular formula is C18H24N2O2S. The lowest BCUT2D eigenvalue weighted by Crippen LogP contribution is -2.16. The van der Waals surface area contributed by atoms with Crippen molar-refractivity contribution < 1.29 is 9.90 Å². The van der Waals surface area contributed by atoms with Crippen molar-refractivity contribution in [2.75, 3.05) is 5.32 Å². The van der Waals surface area contributed by atoms with Crippen molar-refractivity contribution >= 4 is 22.9 Å². The number of hydrogen-bond acceptors (Lipinski definition) is 4. The summed E-state index contributed by atoms with van der Waals surface area (Å²) in [6.07, 6.45) is 1.21. The standard InChI is InChI=1S/C18H24N2O2S/c1-11(2)9-12(3)14-7-5-6-8-15(14)20-17(21)10-16-18(22)19-13(4)23-16/h5-8,11-12,22H,9-10H2,1-4H3,(H,20,21). The van der Waals surface area contributed by atoms with Crippen LogP contribution in [0.3, 0.4) is 0 Å². The molecule has 2 rings (SSSR count). The molecule has 0 saturated heterocycles. The monoisotopic (exact) mass is 332 g/mol. The predicted molar refractivity (Wildman–Crippen MR) is 95.2 cm³/mol. The first-order valence-corrected chi connectivity index (χ1v) is 8.72. The number of thiazole rings is 1. The summed E-state index contributed by atoms with van der Waals surface area (Å²) in [5.74, 6) is 0.814. The van der Waals surface area contributed by atoms with Crippen LogP contribution in [0.5, 0.6) is 5.88 Å². The summed E-state index contributed by atoms with van der Waals surface area (Å²) in [5.41, 5.74) is 2.01. The minimum atomic E-state index is -0.131. The van der Waals surface area contributed by atoms with Gasteiger partial charge in [0.15, 0.2) is 0 Å². The number of para-hydroxylation sites is 1. The SMILES string of the molecule is Cc1nc(O)c(CC(=O)Nc2ccccc2C(C)CC(C)C)s1. The number of hydrogen-bond donors (Lipinski definition) is 2. The fourth-order valence-corrected chi connectivity index (χ4v) is 3.62. The van der Waals surface area contributed by atoms with E-state index in [9.17, 15) is 9.90 Å². The fourth-order valence-electron chi connectivity index (χ4n) is 2.79. The number of carbonyl (C=O) groups is 1. The van der Waals surface area contributed by atoms with Gasteiger partial charge in [0.05, 0.1) is 16.3 Å². The van der Waals surface area contributed by atoms with Gasteiger partial charge in [0.2, 0.25) is 11.8 Å². The van der Waals surface area contributed by atoms with Crippen molar-refractivity contribution in [2.24, 2.45) is 5.92 Å². The highest BCUT2D eigenvalue weighted by Crippen LogP contribution is 2.30. The molecule has 0 aliphatic heterocycles. The molecule has 0 radical (unpaired) electrons. The van der Waals surface area contributed by atoms with E-state index in [1.165, 1.54) is 11.3 Å². The molecule has 0 aliphatic carbocycles. The molecule has 23 heavy (non-hydrogen) atoms. The average molecular weight is 332 g/mol. The summed E-state index contributed by atoms with van der Waals surface area (Å²) in [5, 5.41) is 13.4. The highest BCUT2D eigenvalue weighted by atomic mass is 32.1. The van der Waals surface area contributed by atoms with Crippen molar-refractivity contribution in [3.63, 3.8) is 0 Å². The molecule has 0 saturated carbocycles. The van der Waals surface area contributed by atoms with Gasteiger partial charge in [0.1, 0.15) is 0 Å². The van der Waals surface area contributed by atoms with Gasteiger partial charge in [-0.15, -0.1) is 11.3 Å². The third-order valence-electron chi connectivity index (χ3n) is 3.70. The first kappa shape index (κ1) is 17.5. The number of carbonyl (C=O) groups excluding carboxylic acids is 1. The molecule has 1 aromatic heterocycles. The number of amides is 1. The maximum absolute atomic E-state index is 12.3. The number of aryl methyl sites for hydroxylation is 1. The van der Waals surface area contributed by atoms with Crippen molar-refractivity contribution in [2.45, 2.75) is 46.5 Å². The number of anilines is 1. The molecule has 5 heteroatoms. The molecule has 0 fully saturated rings. The lowest BCUT2D eigenvalue weighted by atomic mass is 9.91. The Hall–Kier alpha value is -1.88. The van der Waals surface area contributed by atoms with Crippen molar-refractivity contribution in [3.8, 4) is 5.88 Å². The van der Waals surface area contributed by atoms with Gasteiger partial charge in [-0.25, -0.2) is 4.98 Å². The van der Waals surface area contributed by atoms with Crippen LogP contribution in [0.2, 0.25) is 0 Å². The van der Waals surface area contributed by atoms with Crippen LogP contribution in [-0.2, 0) is 11.2 Å². The second kappa shape index (κ2) is 7.59. The van der Waals surface area contributed by atoms with E-state index >= 15 is 0 Å². The topological polar surface area (TPSA) is 62.2 Å². The van der Waals surface area contributed by atoms with Gasteiger partial charge in [-0.05, 0) is 36.8 Å². The zero-order chi connectivity index (χ0) is 17.0. The third kappa shape index (κ3) is 4.79. The zero-order valence-corrected chi connectivity index (χ0v) is 14.9. The Morgan fingerprint density at radius 1 is 1.30 bits per heavy atom. The maximum Gasteiger partial charge on any atom is 0.229 e. The Kier molecular flexibility index (Phi) is 5.77. The first-order chi connectivity index (χ1) is 10.9. The van der Waals surface area contributed by atoms with Gasteiger partial charge >= 0.3 is 0 Å². The molecule has 1 heterocycles. The average Bonchev–Trinajstić information content (AvgIpc) is 2.76. The molecular weight excluding hydrogens is 308 g/mol. The van der Waals surface area contributed by atoms with E-state index in [1.807, 2.05) is 25.1 Å². The van der Waals surface area contributed by atoms with Gasteiger partial charge in [-0.3, -0.25) is 4.79 Å². The van der Waals surface area contributed by atoms with Gasteiger partial charge in [0.25, 0.3) is 0 Å². The molecule has 1 aromatic carbocycles. The molecule has 1 atom stereocenters. The Bertz CT molecular complexity index is 679. The van der Waals surface area contributed by atoms with Crippen LogP contribution in [0.1, 0.15) is 48.6 Å². The molecule has 1 amide bonds. The zero-order valence-electron chi connectivity index (χ0n) is 14.1. The molecule has 1 unspecified atom stereocenters. The Balaban J connectivity index is 2.10. The van der Waals surface area contributed by atoms with E-state index in [0.717, 1.165) is 22.7 Å². The molecule has 124 valence electrons. The normalized spacial score (nSPS) is 12.4. The summed E-state index contributed by atoms with van der Waals surface area (Å²) >= 11 is 1.35. The Morgan fingerprint density at radius 3 is 2.61 bits per heavy atom. The summed E-state index contributed by atoms with van der Waals surface area (Å²) in [6, 6.07) is 7.93. The second-order valence-electron chi connectivity index (χ2n) is 6.32. The number of aromatic nitrogens is 1. The summed E-state index contributed by atoms with van der Waals surface area (Å²) in [6.45, 7) is 8.40. The molecule has 0 spiro atoms. The number of aromatic hydroxyl groups is 1. The number of nitrogens with one attached hydrogen (secondary N) is 1. The van der Waals surface area contributed by atoms with E-state index in [1.54, 1.807) is 0 Å². The van der Waals surface area contributed by atoms with E-state index < -0.39 is 0 Å². The minimum Gasteiger partial charge on any atom is -0.492 e. The van der Waals surface area contributed by atoms with E-state index in [4.69, 9.17) is 0 Å². The molecule has 2 aromatic rings. The minimum absolute atomic E-state index is 0.0379. The van der Waals surface area contributed by atoms with Crippen molar-refractivity contribution in [1.82, 2.24) is 4.98 Å².